The number of carbonyl (C=O) groups excluding carboxylic acids is 1. The quantitative estimate of drug-likeness (QED) is 0.662. The van der Waals surface area contributed by atoms with Crippen LogP contribution in [0.15, 0.2) is 31.4 Å². The number of fused-ring (bicyclic) bond motifs is 1. The van der Waals surface area contributed by atoms with E-state index in [4.69, 9.17) is 10.5 Å². The lowest BCUT2D eigenvalue weighted by Crippen LogP contribution is -2.26. The molecule has 2 fully saturated rings. The first-order valence-corrected chi connectivity index (χ1v) is 10.2. The van der Waals surface area contributed by atoms with Crippen LogP contribution in [0.25, 0.3) is 22.2 Å². The zero-order chi connectivity index (χ0) is 20.8. The molecule has 2 unspecified atom stereocenters. The summed E-state index contributed by atoms with van der Waals surface area (Å²) in [6, 6.07) is 0.248. The number of carbonyl (C=O) groups is 1. The van der Waals surface area contributed by atoms with Gasteiger partial charge in [0, 0.05) is 55.7 Å². The largest absolute Gasteiger partial charge is 0.383 e. The van der Waals surface area contributed by atoms with Gasteiger partial charge in [-0.1, -0.05) is 6.58 Å². The van der Waals surface area contributed by atoms with Crippen LogP contribution >= 0.6 is 0 Å². The van der Waals surface area contributed by atoms with Gasteiger partial charge in [0.05, 0.1) is 24.2 Å². The number of hydrogen-bond acceptors (Lipinski definition) is 6. The van der Waals surface area contributed by atoms with E-state index in [2.05, 4.69) is 32.4 Å². The average molecular weight is 407 g/mol. The van der Waals surface area contributed by atoms with Gasteiger partial charge in [0.2, 0.25) is 5.91 Å². The van der Waals surface area contributed by atoms with E-state index in [-0.39, 0.29) is 17.9 Å². The zero-order valence-corrected chi connectivity index (χ0v) is 17.0. The van der Waals surface area contributed by atoms with Crippen molar-refractivity contribution in [2.75, 3.05) is 32.0 Å². The minimum Gasteiger partial charge on any atom is -0.383 e. The van der Waals surface area contributed by atoms with Crippen molar-refractivity contribution in [2.24, 2.45) is 7.05 Å². The van der Waals surface area contributed by atoms with E-state index in [9.17, 15) is 4.79 Å². The Labute approximate surface area is 174 Å². The Morgan fingerprint density at radius 2 is 2.23 bits per heavy atom. The maximum atomic E-state index is 12.1. The van der Waals surface area contributed by atoms with Gasteiger partial charge in [-0.3, -0.25) is 9.48 Å². The van der Waals surface area contributed by atoms with E-state index >= 15 is 0 Å². The Hall–Kier alpha value is -3.20. The fourth-order valence-electron chi connectivity index (χ4n) is 4.77. The van der Waals surface area contributed by atoms with E-state index in [0.717, 1.165) is 47.3 Å². The minimum atomic E-state index is -0.0360. The van der Waals surface area contributed by atoms with E-state index in [0.29, 0.717) is 25.5 Å². The third-order valence-corrected chi connectivity index (χ3v) is 6.27. The molecule has 0 aliphatic carbocycles. The fraction of sp³-hybridized carbons (Fsp3) is 0.429. The normalized spacial score (nSPS) is 21.6. The predicted molar refractivity (Wildman–Crippen MR) is 113 cm³/mol. The lowest BCUT2D eigenvalue weighted by Gasteiger charge is -2.16. The number of anilines is 1. The average Bonchev–Trinajstić information content (AvgIpc) is 3.53. The molecule has 0 saturated carbocycles. The molecule has 0 spiro atoms. The summed E-state index contributed by atoms with van der Waals surface area (Å²) in [7, 11) is 2.00. The molecular formula is C21H25N7O2. The summed E-state index contributed by atoms with van der Waals surface area (Å²) in [6.07, 6.45) is 8.63. The number of ether oxygens (including phenoxy) is 1. The molecule has 2 aliphatic heterocycles. The zero-order valence-electron chi connectivity index (χ0n) is 17.0. The second-order valence-corrected chi connectivity index (χ2v) is 7.98. The summed E-state index contributed by atoms with van der Waals surface area (Å²) < 4.78 is 9.59. The van der Waals surface area contributed by atoms with Crippen molar-refractivity contribution >= 4 is 22.8 Å². The molecule has 9 heteroatoms. The molecule has 5 rings (SSSR count). The lowest BCUT2D eigenvalue weighted by atomic mass is 9.96. The minimum absolute atomic E-state index is 0.0360. The number of nitrogens with zero attached hydrogens (tertiary/aromatic N) is 6. The molecular weight excluding hydrogens is 382 g/mol. The highest BCUT2D eigenvalue weighted by Crippen LogP contribution is 2.42. The molecule has 0 radical (unpaired) electrons. The first kappa shape index (κ1) is 18.8. The third-order valence-electron chi connectivity index (χ3n) is 6.27. The molecule has 30 heavy (non-hydrogen) atoms. The Morgan fingerprint density at radius 3 is 3.00 bits per heavy atom. The monoisotopic (exact) mass is 407 g/mol. The smallest absolute Gasteiger partial charge is 0.245 e. The summed E-state index contributed by atoms with van der Waals surface area (Å²) in [4.78, 5) is 22.7. The summed E-state index contributed by atoms with van der Waals surface area (Å²) in [5.41, 5.74) is 10.2. The first-order chi connectivity index (χ1) is 14.6. The number of nitrogen functional groups attached to an aromatic ring is 1. The molecule has 2 N–H and O–H groups in total. The highest BCUT2D eigenvalue weighted by molar-refractivity contribution is 6.02. The van der Waals surface area contributed by atoms with E-state index in [1.54, 1.807) is 0 Å². The van der Waals surface area contributed by atoms with Crippen LogP contribution in [0.1, 0.15) is 30.5 Å². The van der Waals surface area contributed by atoms with Crippen molar-refractivity contribution in [1.29, 1.82) is 0 Å². The van der Waals surface area contributed by atoms with Gasteiger partial charge < -0.3 is 19.9 Å². The van der Waals surface area contributed by atoms with E-state index in [1.807, 2.05) is 22.8 Å². The van der Waals surface area contributed by atoms with Gasteiger partial charge in [0.15, 0.2) is 0 Å². The predicted octanol–water partition coefficient (Wildman–Crippen LogP) is 1.88. The molecule has 2 saturated heterocycles. The Bertz CT molecular complexity index is 1130. The van der Waals surface area contributed by atoms with Gasteiger partial charge in [-0.25, -0.2) is 9.97 Å². The highest BCUT2D eigenvalue weighted by atomic mass is 16.5. The van der Waals surface area contributed by atoms with E-state index < -0.39 is 0 Å². The number of aryl methyl sites for hydroxylation is 1. The number of hydrogen-bond donors (Lipinski definition) is 1. The standard InChI is InChI=1S/C21H25N7O2/c1-3-16(29)27-6-4-13(9-27)19-17(18-20(22)23-12-24-21(18)26(19)2)14-8-25-28(10-14)15-5-7-30-11-15/h3,8,10,12-13,15H,1,4-7,9,11H2,2H3,(H2,22,23,24). The van der Waals surface area contributed by atoms with Crippen LogP contribution in [0.5, 0.6) is 0 Å². The van der Waals surface area contributed by atoms with Crippen molar-refractivity contribution < 1.29 is 9.53 Å². The summed E-state index contributed by atoms with van der Waals surface area (Å²) in [5.74, 6) is 0.581. The summed E-state index contributed by atoms with van der Waals surface area (Å²) >= 11 is 0. The Kier molecular flexibility index (Phi) is 4.54. The molecule has 2 atom stereocenters. The molecule has 9 nitrogen and oxygen atoms in total. The molecule has 2 aliphatic rings. The van der Waals surface area contributed by atoms with Crippen LogP contribution in [-0.4, -0.2) is 61.4 Å². The Balaban J connectivity index is 1.64. The number of aromatic nitrogens is 5. The molecule has 0 bridgehead atoms. The Morgan fingerprint density at radius 1 is 1.37 bits per heavy atom. The first-order valence-electron chi connectivity index (χ1n) is 10.2. The van der Waals surface area contributed by atoms with Crippen LogP contribution < -0.4 is 5.73 Å². The van der Waals surface area contributed by atoms with Crippen molar-refractivity contribution in [3.05, 3.63) is 37.1 Å². The fourth-order valence-corrected chi connectivity index (χ4v) is 4.77. The highest BCUT2D eigenvalue weighted by Gasteiger charge is 2.33. The maximum absolute atomic E-state index is 12.1. The second-order valence-electron chi connectivity index (χ2n) is 7.98. The molecule has 156 valence electrons. The van der Waals surface area contributed by atoms with Crippen LogP contribution in [0.2, 0.25) is 0 Å². The molecule has 0 aromatic carbocycles. The molecule has 3 aromatic heterocycles. The summed E-state index contributed by atoms with van der Waals surface area (Å²) in [5, 5.41) is 5.45. The summed E-state index contributed by atoms with van der Waals surface area (Å²) in [6.45, 7) is 6.40. The molecule has 3 aromatic rings. The van der Waals surface area contributed by atoms with Crippen LogP contribution in [-0.2, 0) is 16.6 Å². The van der Waals surface area contributed by atoms with Crippen molar-refractivity contribution in [3.8, 4) is 11.1 Å². The van der Waals surface area contributed by atoms with Gasteiger partial charge in [-0.2, -0.15) is 5.10 Å². The SMILES string of the molecule is C=CC(=O)N1CCC(c2c(-c3cnn(C4CCOC4)c3)c3c(N)ncnc3n2C)C1. The van der Waals surface area contributed by atoms with Crippen LogP contribution in [0.3, 0.4) is 0 Å². The van der Waals surface area contributed by atoms with Gasteiger partial charge in [0.25, 0.3) is 0 Å². The van der Waals surface area contributed by atoms with Crippen molar-refractivity contribution in [2.45, 2.75) is 24.8 Å². The van der Waals surface area contributed by atoms with E-state index in [1.165, 1.54) is 12.4 Å². The topological polar surface area (TPSA) is 104 Å². The van der Waals surface area contributed by atoms with Gasteiger partial charge in [0.1, 0.15) is 17.8 Å². The number of amides is 1. The van der Waals surface area contributed by atoms with Crippen LogP contribution in [0.4, 0.5) is 5.82 Å². The third kappa shape index (κ3) is 2.88. The molecule has 5 heterocycles. The second kappa shape index (κ2) is 7.24. The van der Waals surface area contributed by atoms with Gasteiger partial charge >= 0.3 is 0 Å². The van der Waals surface area contributed by atoms with Crippen molar-refractivity contribution in [1.82, 2.24) is 29.2 Å². The molecule has 1 amide bonds. The maximum Gasteiger partial charge on any atom is 0.245 e. The van der Waals surface area contributed by atoms with Gasteiger partial charge in [-0.15, -0.1) is 0 Å². The van der Waals surface area contributed by atoms with Crippen LogP contribution in [0, 0.1) is 0 Å². The van der Waals surface area contributed by atoms with Gasteiger partial charge in [-0.05, 0) is 18.9 Å². The number of likely N-dealkylation sites (tertiary alicyclic amines) is 1. The van der Waals surface area contributed by atoms with Crippen molar-refractivity contribution in [3.63, 3.8) is 0 Å². The number of nitrogens with two attached hydrogens (primary N) is 1. The number of rotatable bonds is 4. The lowest BCUT2D eigenvalue weighted by molar-refractivity contribution is -0.125.